The van der Waals surface area contributed by atoms with E-state index in [4.69, 9.17) is 0 Å². The largest absolute Gasteiger partial charge is 0.417 e. The average molecular weight is 444 g/mol. The summed E-state index contributed by atoms with van der Waals surface area (Å²) in [6, 6.07) is 12.2. The number of nitrogens with zero attached hydrogens (tertiary/aromatic N) is 2. The number of hydrogen-bond donors (Lipinski definition) is 1. The normalized spacial score (nSPS) is 12.5. The van der Waals surface area contributed by atoms with Crippen molar-refractivity contribution in [1.82, 2.24) is 14.9 Å². The van der Waals surface area contributed by atoms with Crippen LogP contribution in [-0.2, 0) is 6.18 Å². The summed E-state index contributed by atoms with van der Waals surface area (Å²) < 4.78 is 42.0. The zero-order chi connectivity index (χ0) is 23.1. The maximum atomic E-state index is 13.5. The second-order valence-corrected chi connectivity index (χ2v) is 7.87. The first-order valence-corrected chi connectivity index (χ1v) is 10.9. The summed E-state index contributed by atoms with van der Waals surface area (Å²) in [6.45, 7) is 4.84. The van der Waals surface area contributed by atoms with Gasteiger partial charge in [-0.25, -0.2) is 4.98 Å². The minimum Gasteiger partial charge on any atom is -0.350 e. The summed E-state index contributed by atoms with van der Waals surface area (Å²) >= 11 is 0. The summed E-state index contributed by atoms with van der Waals surface area (Å²) in [7, 11) is 0. The van der Waals surface area contributed by atoms with Crippen molar-refractivity contribution in [3.8, 4) is 16.8 Å². The van der Waals surface area contributed by atoms with Gasteiger partial charge in [0.1, 0.15) is 5.69 Å². The Kier molecular flexibility index (Phi) is 7.72. The molecule has 4 nitrogen and oxygen atoms in total. The summed E-state index contributed by atoms with van der Waals surface area (Å²) in [6.07, 6.45) is 2.80. The van der Waals surface area contributed by atoms with Crippen LogP contribution in [0.25, 0.3) is 16.8 Å². The van der Waals surface area contributed by atoms with E-state index in [0.717, 1.165) is 31.7 Å². The molecule has 3 rings (SSSR count). The van der Waals surface area contributed by atoms with E-state index in [9.17, 15) is 18.0 Å². The third-order valence-corrected chi connectivity index (χ3v) is 5.63. The molecule has 1 heterocycles. The van der Waals surface area contributed by atoms with Crippen molar-refractivity contribution in [2.75, 3.05) is 6.54 Å². The lowest BCUT2D eigenvalue weighted by Gasteiger charge is -2.16. The van der Waals surface area contributed by atoms with Gasteiger partial charge in [0.25, 0.3) is 5.91 Å². The molecule has 170 valence electrons. The van der Waals surface area contributed by atoms with Gasteiger partial charge >= 0.3 is 6.18 Å². The van der Waals surface area contributed by atoms with Crippen molar-refractivity contribution in [3.63, 3.8) is 0 Å². The van der Waals surface area contributed by atoms with E-state index in [2.05, 4.69) is 24.1 Å². The molecule has 0 radical (unpaired) electrons. The second-order valence-electron chi connectivity index (χ2n) is 7.87. The van der Waals surface area contributed by atoms with Gasteiger partial charge in [0.15, 0.2) is 0 Å². The predicted molar refractivity (Wildman–Crippen MR) is 120 cm³/mol. The van der Waals surface area contributed by atoms with Crippen LogP contribution in [0.4, 0.5) is 13.2 Å². The fourth-order valence-corrected chi connectivity index (χ4v) is 3.75. The minimum absolute atomic E-state index is 0.0923. The molecule has 0 saturated carbocycles. The molecule has 1 amide bonds. The number of rotatable bonds is 9. The highest BCUT2D eigenvalue weighted by molar-refractivity contribution is 5.93. The van der Waals surface area contributed by atoms with Crippen LogP contribution < -0.4 is 5.32 Å². The van der Waals surface area contributed by atoms with Gasteiger partial charge in [0.2, 0.25) is 0 Å². The van der Waals surface area contributed by atoms with E-state index in [1.807, 2.05) is 0 Å². The van der Waals surface area contributed by atoms with Gasteiger partial charge in [-0.2, -0.15) is 13.2 Å². The second kappa shape index (κ2) is 10.5. The van der Waals surface area contributed by atoms with Gasteiger partial charge in [-0.3, -0.25) is 9.36 Å². The first kappa shape index (κ1) is 23.6. The first-order chi connectivity index (χ1) is 15.3. The van der Waals surface area contributed by atoms with Crippen LogP contribution >= 0.6 is 0 Å². The molecule has 0 fully saturated rings. The molecule has 0 aliphatic carbocycles. The third kappa shape index (κ3) is 5.58. The van der Waals surface area contributed by atoms with Crippen molar-refractivity contribution >= 4 is 5.91 Å². The molecule has 0 bridgehead atoms. The average Bonchev–Trinajstić information content (AvgIpc) is 3.29. The van der Waals surface area contributed by atoms with E-state index in [0.29, 0.717) is 29.4 Å². The lowest BCUT2D eigenvalue weighted by atomic mass is 9.99. The molecule has 32 heavy (non-hydrogen) atoms. The number of nitrogens with one attached hydrogen (secondary N) is 1. The number of hydrogen-bond acceptors (Lipinski definition) is 2. The molecule has 0 saturated heterocycles. The summed E-state index contributed by atoms with van der Waals surface area (Å²) in [4.78, 5) is 16.9. The lowest BCUT2D eigenvalue weighted by Crippen LogP contribution is -2.30. The Balaban J connectivity index is 1.85. The molecule has 3 aromatic rings. The molecule has 7 heteroatoms. The van der Waals surface area contributed by atoms with Crippen LogP contribution in [0.15, 0.2) is 61.1 Å². The number of amides is 1. The smallest absolute Gasteiger partial charge is 0.350 e. The number of carbonyl (C=O) groups is 1. The van der Waals surface area contributed by atoms with E-state index in [-0.39, 0.29) is 11.5 Å². The highest BCUT2D eigenvalue weighted by Crippen LogP contribution is 2.37. The standard InChI is InChI=1S/C25H28F3N3O/c1-3-5-9-18(4-2)15-30-24(32)23-16-29-17-31(23)20-11-8-10-19(14-20)21-12-6-7-13-22(21)25(26,27)28/h6-8,10-14,16-18H,3-5,9,15H2,1-2H3,(H,30,32)/t18-/m1/s1. The molecular weight excluding hydrogens is 415 g/mol. The molecular formula is C25H28F3N3O. The highest BCUT2D eigenvalue weighted by Gasteiger charge is 2.33. The van der Waals surface area contributed by atoms with E-state index in [1.54, 1.807) is 34.9 Å². The number of aromatic nitrogens is 2. The van der Waals surface area contributed by atoms with E-state index >= 15 is 0 Å². The number of halogens is 3. The molecule has 1 aromatic heterocycles. The van der Waals surface area contributed by atoms with Gasteiger partial charge in [-0.05, 0) is 41.7 Å². The van der Waals surface area contributed by atoms with Crippen molar-refractivity contribution < 1.29 is 18.0 Å². The topological polar surface area (TPSA) is 46.9 Å². The van der Waals surface area contributed by atoms with Crippen molar-refractivity contribution in [1.29, 1.82) is 0 Å². The fraction of sp³-hybridized carbons (Fsp3) is 0.360. The van der Waals surface area contributed by atoms with Gasteiger partial charge < -0.3 is 5.32 Å². The highest BCUT2D eigenvalue weighted by atomic mass is 19.4. The third-order valence-electron chi connectivity index (χ3n) is 5.63. The molecule has 0 spiro atoms. The van der Waals surface area contributed by atoms with Gasteiger partial charge in [-0.15, -0.1) is 0 Å². The lowest BCUT2D eigenvalue weighted by molar-refractivity contribution is -0.137. The Morgan fingerprint density at radius 2 is 1.91 bits per heavy atom. The molecule has 2 aromatic carbocycles. The van der Waals surface area contributed by atoms with Crippen LogP contribution in [0, 0.1) is 5.92 Å². The zero-order valence-electron chi connectivity index (χ0n) is 18.3. The van der Waals surface area contributed by atoms with Crippen molar-refractivity contribution in [2.24, 2.45) is 5.92 Å². The van der Waals surface area contributed by atoms with Crippen LogP contribution in [0.3, 0.4) is 0 Å². The van der Waals surface area contributed by atoms with Gasteiger partial charge in [0, 0.05) is 12.2 Å². The van der Waals surface area contributed by atoms with Crippen LogP contribution in [-0.4, -0.2) is 22.0 Å². The Bertz CT molecular complexity index is 1040. The number of unbranched alkanes of at least 4 members (excludes halogenated alkanes) is 1. The number of carbonyl (C=O) groups excluding carboxylic acids is 1. The Morgan fingerprint density at radius 3 is 2.62 bits per heavy atom. The molecule has 0 aliphatic heterocycles. The van der Waals surface area contributed by atoms with Crippen molar-refractivity contribution in [3.05, 3.63) is 72.3 Å². The van der Waals surface area contributed by atoms with E-state index < -0.39 is 11.7 Å². The quantitative estimate of drug-likeness (QED) is 0.410. The molecule has 1 atom stereocenters. The number of alkyl halides is 3. The Morgan fingerprint density at radius 1 is 1.12 bits per heavy atom. The Hall–Kier alpha value is -3.09. The maximum absolute atomic E-state index is 13.5. The summed E-state index contributed by atoms with van der Waals surface area (Å²) in [5.74, 6) is 0.163. The van der Waals surface area contributed by atoms with Crippen LogP contribution in [0.5, 0.6) is 0 Å². The first-order valence-electron chi connectivity index (χ1n) is 10.9. The zero-order valence-corrected chi connectivity index (χ0v) is 18.3. The molecule has 1 N–H and O–H groups in total. The number of benzene rings is 2. The SMILES string of the molecule is CCCC[C@@H](CC)CNC(=O)c1cncn1-c1cccc(-c2ccccc2C(F)(F)F)c1. The molecule has 0 unspecified atom stereocenters. The van der Waals surface area contributed by atoms with Crippen LogP contribution in [0.2, 0.25) is 0 Å². The van der Waals surface area contributed by atoms with Crippen molar-refractivity contribution in [2.45, 2.75) is 45.7 Å². The summed E-state index contributed by atoms with van der Waals surface area (Å²) in [5.41, 5.74) is 0.728. The summed E-state index contributed by atoms with van der Waals surface area (Å²) in [5, 5.41) is 2.98. The molecule has 0 aliphatic rings. The monoisotopic (exact) mass is 443 g/mol. The number of imidazole rings is 1. The van der Waals surface area contributed by atoms with E-state index in [1.165, 1.54) is 24.7 Å². The predicted octanol–water partition coefficient (Wildman–Crippen LogP) is 6.50. The van der Waals surface area contributed by atoms with Crippen LogP contribution in [0.1, 0.15) is 55.6 Å². The van der Waals surface area contributed by atoms with Gasteiger partial charge in [-0.1, -0.05) is 63.4 Å². The maximum Gasteiger partial charge on any atom is 0.417 e. The van der Waals surface area contributed by atoms with Gasteiger partial charge in [0.05, 0.1) is 18.1 Å². The Labute approximate surface area is 186 Å². The fourth-order valence-electron chi connectivity index (χ4n) is 3.75. The minimum atomic E-state index is -4.46.